The zero-order valence-corrected chi connectivity index (χ0v) is 18.9. The van der Waals surface area contributed by atoms with Gasteiger partial charge in [0.15, 0.2) is 5.58 Å². The molecular weight excluding hydrogens is 442 g/mol. The fourth-order valence-corrected chi connectivity index (χ4v) is 4.64. The third kappa shape index (κ3) is 5.30. The highest BCUT2D eigenvalue weighted by atomic mass is 32.2. The first-order chi connectivity index (χ1) is 14.7. The van der Waals surface area contributed by atoms with Gasteiger partial charge in [-0.2, -0.15) is 16.5 Å². The topological polar surface area (TPSA) is 120 Å². The van der Waals surface area contributed by atoms with Crippen molar-refractivity contribution in [1.29, 1.82) is 0 Å². The minimum absolute atomic E-state index is 0.0965. The molecule has 0 saturated carbocycles. The second-order valence-electron chi connectivity index (χ2n) is 6.73. The van der Waals surface area contributed by atoms with E-state index in [0.29, 0.717) is 29.1 Å². The van der Waals surface area contributed by atoms with Gasteiger partial charge in [0.05, 0.1) is 17.5 Å². The van der Waals surface area contributed by atoms with Crippen LogP contribution in [-0.4, -0.2) is 44.1 Å². The van der Waals surface area contributed by atoms with E-state index in [-0.39, 0.29) is 10.5 Å². The Morgan fingerprint density at radius 3 is 2.58 bits per heavy atom. The van der Waals surface area contributed by atoms with E-state index in [4.69, 9.17) is 9.15 Å². The quantitative estimate of drug-likeness (QED) is 0.497. The Balaban J connectivity index is 1.82. The molecule has 11 heteroatoms. The van der Waals surface area contributed by atoms with Gasteiger partial charge in [-0.1, -0.05) is 0 Å². The van der Waals surface area contributed by atoms with Crippen LogP contribution in [0.2, 0.25) is 0 Å². The fraction of sp³-hybridized carbons (Fsp3) is 0.300. The number of sulfonamides is 1. The largest absolute Gasteiger partial charge is 0.497 e. The zero-order valence-electron chi connectivity index (χ0n) is 17.2. The average Bonchev–Trinajstić information content (AvgIpc) is 3.04. The summed E-state index contributed by atoms with van der Waals surface area (Å²) in [5, 5.41) is 2.72. The number of thioether (sulfide) groups is 1. The van der Waals surface area contributed by atoms with Crippen molar-refractivity contribution in [3.05, 3.63) is 53.0 Å². The minimum Gasteiger partial charge on any atom is -0.497 e. The molecular formula is C20H23N3O6S2. The number of aryl methyl sites for hydroxylation is 1. The highest BCUT2D eigenvalue weighted by molar-refractivity contribution is 7.98. The van der Waals surface area contributed by atoms with Crippen LogP contribution in [0.4, 0.5) is 5.69 Å². The maximum absolute atomic E-state index is 12.9. The lowest BCUT2D eigenvalue weighted by Gasteiger charge is -2.18. The third-order valence-corrected chi connectivity index (χ3v) is 6.77. The van der Waals surface area contributed by atoms with Crippen LogP contribution in [0, 0.1) is 0 Å². The van der Waals surface area contributed by atoms with Crippen molar-refractivity contribution < 1.29 is 22.4 Å². The Morgan fingerprint density at radius 1 is 1.23 bits per heavy atom. The molecule has 3 aromatic rings. The number of carbonyl (C=O) groups is 1. The highest BCUT2D eigenvalue weighted by Crippen LogP contribution is 2.20. The summed E-state index contributed by atoms with van der Waals surface area (Å²) >= 11 is 1.50. The van der Waals surface area contributed by atoms with Crippen LogP contribution in [-0.2, 0) is 21.9 Å². The van der Waals surface area contributed by atoms with Crippen LogP contribution in [0.3, 0.4) is 0 Å². The lowest BCUT2D eigenvalue weighted by molar-refractivity contribution is -0.117. The number of rotatable bonds is 9. The minimum atomic E-state index is -4.04. The molecule has 9 nitrogen and oxygen atoms in total. The van der Waals surface area contributed by atoms with E-state index in [1.54, 1.807) is 31.4 Å². The second kappa shape index (κ2) is 9.58. The maximum atomic E-state index is 12.9. The highest BCUT2D eigenvalue weighted by Gasteiger charge is 2.26. The van der Waals surface area contributed by atoms with E-state index in [9.17, 15) is 18.0 Å². The molecule has 0 radical (unpaired) electrons. The Labute approximate surface area is 183 Å². The number of oxazole rings is 1. The van der Waals surface area contributed by atoms with Gasteiger partial charge < -0.3 is 14.5 Å². The van der Waals surface area contributed by atoms with Gasteiger partial charge in [0.25, 0.3) is 0 Å². The molecule has 0 saturated heterocycles. The van der Waals surface area contributed by atoms with E-state index in [2.05, 4.69) is 10.0 Å². The zero-order chi connectivity index (χ0) is 22.6. The number of benzene rings is 2. The van der Waals surface area contributed by atoms with Crippen molar-refractivity contribution in [2.75, 3.05) is 24.4 Å². The number of methoxy groups -OCH3 is 1. The van der Waals surface area contributed by atoms with Gasteiger partial charge in [0.1, 0.15) is 11.8 Å². The molecule has 1 amide bonds. The number of ether oxygens (including phenoxy) is 1. The molecule has 2 aromatic carbocycles. The van der Waals surface area contributed by atoms with Crippen molar-refractivity contribution in [3.63, 3.8) is 0 Å². The summed E-state index contributed by atoms with van der Waals surface area (Å²) in [7, 11) is -0.974. The van der Waals surface area contributed by atoms with E-state index in [1.807, 2.05) is 6.26 Å². The number of aromatic nitrogens is 1. The number of nitrogens with zero attached hydrogens (tertiary/aromatic N) is 1. The van der Waals surface area contributed by atoms with E-state index in [0.717, 1.165) is 0 Å². The fourth-order valence-electron chi connectivity index (χ4n) is 2.92. The van der Waals surface area contributed by atoms with E-state index < -0.39 is 27.7 Å². The number of hydrogen-bond acceptors (Lipinski definition) is 7. The molecule has 1 aromatic heterocycles. The van der Waals surface area contributed by atoms with Crippen molar-refractivity contribution in [1.82, 2.24) is 9.29 Å². The lowest BCUT2D eigenvalue weighted by atomic mass is 10.2. The first kappa shape index (κ1) is 22.9. The van der Waals surface area contributed by atoms with Crippen LogP contribution in [0.1, 0.15) is 6.42 Å². The average molecular weight is 466 g/mol. The molecule has 0 aliphatic rings. The standard InChI is InChI=1S/C20H23N3O6S2/c1-23-17-9-8-15(12-18(17)29-20(23)25)31(26,27)22-16(10-11-30-3)19(24)21-13-4-6-14(28-2)7-5-13/h4-9,12,16,22H,10-11H2,1-3H3,(H,21,24)/t16-/m0/s1. The first-order valence-electron chi connectivity index (χ1n) is 9.31. The summed E-state index contributed by atoms with van der Waals surface area (Å²) in [5.41, 5.74) is 1.14. The Morgan fingerprint density at radius 2 is 1.94 bits per heavy atom. The molecule has 1 atom stereocenters. The van der Waals surface area contributed by atoms with Crippen molar-refractivity contribution in [2.45, 2.75) is 17.4 Å². The number of fused-ring (bicyclic) bond motifs is 1. The molecule has 0 aliphatic carbocycles. The van der Waals surface area contributed by atoms with Crippen molar-refractivity contribution in [3.8, 4) is 5.75 Å². The molecule has 0 unspecified atom stereocenters. The Hall–Kier alpha value is -2.76. The number of nitrogens with one attached hydrogen (secondary N) is 2. The molecule has 0 aliphatic heterocycles. The van der Waals surface area contributed by atoms with Crippen LogP contribution < -0.4 is 20.5 Å². The van der Waals surface area contributed by atoms with Gasteiger partial charge >= 0.3 is 5.76 Å². The van der Waals surface area contributed by atoms with Gasteiger partial charge in [0.2, 0.25) is 15.9 Å². The van der Waals surface area contributed by atoms with Gasteiger partial charge in [0, 0.05) is 18.8 Å². The van der Waals surface area contributed by atoms with Crippen LogP contribution in [0.5, 0.6) is 5.75 Å². The van der Waals surface area contributed by atoms with Crippen molar-refractivity contribution >= 4 is 44.5 Å². The maximum Gasteiger partial charge on any atom is 0.419 e. The Bertz CT molecular complexity index is 1230. The van der Waals surface area contributed by atoms with Gasteiger partial charge in [-0.3, -0.25) is 9.36 Å². The molecule has 2 N–H and O–H groups in total. The summed E-state index contributed by atoms with van der Waals surface area (Å²) in [6, 6.07) is 9.86. The van der Waals surface area contributed by atoms with E-state index in [1.165, 1.54) is 41.6 Å². The number of carbonyl (C=O) groups excluding carboxylic acids is 1. The summed E-state index contributed by atoms with van der Waals surface area (Å²) in [6.45, 7) is 0. The van der Waals surface area contributed by atoms with Crippen molar-refractivity contribution in [2.24, 2.45) is 7.05 Å². The number of anilines is 1. The number of hydrogen-bond donors (Lipinski definition) is 2. The molecule has 1 heterocycles. The summed E-state index contributed by atoms with van der Waals surface area (Å²) in [6.07, 6.45) is 2.17. The molecule has 166 valence electrons. The predicted octanol–water partition coefficient (Wildman–Crippen LogP) is 2.18. The van der Waals surface area contributed by atoms with E-state index >= 15 is 0 Å². The predicted molar refractivity (Wildman–Crippen MR) is 120 cm³/mol. The molecule has 3 rings (SSSR count). The van der Waals surface area contributed by atoms with Gasteiger partial charge in [-0.05, 0) is 54.8 Å². The van der Waals surface area contributed by atoms with Crippen LogP contribution in [0.25, 0.3) is 11.1 Å². The summed E-state index contributed by atoms with van der Waals surface area (Å²) < 4.78 is 39.8. The molecule has 0 bridgehead atoms. The Kier molecular flexibility index (Phi) is 7.08. The monoisotopic (exact) mass is 465 g/mol. The SMILES string of the molecule is COc1ccc(NC(=O)[C@H](CCSC)NS(=O)(=O)c2ccc3c(c2)oc(=O)n3C)cc1. The summed E-state index contributed by atoms with van der Waals surface area (Å²) in [5.74, 6) is 0.153. The van der Waals surface area contributed by atoms with Gasteiger partial charge in [-0.25, -0.2) is 13.2 Å². The molecule has 31 heavy (non-hydrogen) atoms. The molecule has 0 spiro atoms. The summed E-state index contributed by atoms with van der Waals surface area (Å²) in [4.78, 5) is 24.4. The smallest absolute Gasteiger partial charge is 0.419 e. The third-order valence-electron chi connectivity index (χ3n) is 4.66. The van der Waals surface area contributed by atoms with Gasteiger partial charge in [-0.15, -0.1) is 0 Å². The lowest BCUT2D eigenvalue weighted by Crippen LogP contribution is -2.44. The van der Waals surface area contributed by atoms with Crippen LogP contribution in [0.15, 0.2) is 56.6 Å². The van der Waals surface area contributed by atoms with Crippen LogP contribution >= 0.6 is 11.8 Å². The number of amides is 1. The first-order valence-corrected chi connectivity index (χ1v) is 12.2. The normalized spacial score (nSPS) is 12.6. The second-order valence-corrected chi connectivity index (χ2v) is 9.43. The molecule has 0 fully saturated rings.